The van der Waals surface area contributed by atoms with Crippen molar-refractivity contribution in [3.05, 3.63) is 97.2 Å². The quantitative estimate of drug-likeness (QED) is 0.0195. The monoisotopic (exact) mass is 1300 g/mol. The number of aliphatic carboxylic acids is 1. The van der Waals surface area contributed by atoms with Crippen LogP contribution in [0.1, 0.15) is 361 Å². The second-order valence-corrected chi connectivity index (χ2v) is 27.6. The van der Waals surface area contributed by atoms with Gasteiger partial charge in [-0.05, 0) is 96.3 Å². The van der Waals surface area contributed by atoms with Crippen molar-refractivity contribution in [2.45, 2.75) is 373 Å². The minimum Gasteiger partial charge on any atom is -0.545 e. The van der Waals surface area contributed by atoms with Crippen molar-refractivity contribution in [1.82, 2.24) is 0 Å². The molecule has 538 valence electrons. The Morgan fingerprint density at radius 1 is 0.333 bits per heavy atom. The van der Waals surface area contributed by atoms with E-state index in [1.54, 1.807) is 0 Å². The summed E-state index contributed by atoms with van der Waals surface area (Å²) in [7, 11) is 5.94. The molecule has 93 heavy (non-hydrogen) atoms. The SMILES string of the molecule is CC/C=C\C/C=C\C/C=C\C/C=C\C/C=C\C/C=C\C/C=C\CCCCCCCCCCCCCCCCCCCCCC(=O)OC(COC(=O)CCCCCCCCCCCCCCCCC/C=C\CCCCCCCCCC)COC(OCC[N+](C)(C)C)C(=O)[O-]. The summed E-state index contributed by atoms with van der Waals surface area (Å²) in [6.45, 7) is 4.68. The van der Waals surface area contributed by atoms with E-state index in [1.807, 2.05) is 21.1 Å². The number of carbonyl (C=O) groups is 3. The van der Waals surface area contributed by atoms with Crippen LogP contribution in [0, 0.1) is 0 Å². The number of ether oxygens (including phenoxy) is 4. The van der Waals surface area contributed by atoms with E-state index in [1.165, 1.54) is 250 Å². The van der Waals surface area contributed by atoms with Crippen molar-refractivity contribution >= 4 is 17.9 Å². The highest BCUT2D eigenvalue weighted by Gasteiger charge is 2.22. The lowest BCUT2D eigenvalue weighted by molar-refractivity contribution is -0.870. The minimum atomic E-state index is -1.62. The van der Waals surface area contributed by atoms with Crippen LogP contribution < -0.4 is 5.11 Å². The maximum atomic E-state index is 13.0. The number of likely N-dealkylation sites (N-methyl/N-ethyl adjacent to an activating group) is 1. The van der Waals surface area contributed by atoms with Crippen molar-refractivity contribution in [2.75, 3.05) is 47.5 Å². The number of carboxylic acid groups (broad SMARTS) is 1. The molecule has 9 nitrogen and oxygen atoms in total. The first-order valence-corrected chi connectivity index (χ1v) is 39.4. The van der Waals surface area contributed by atoms with Gasteiger partial charge in [0.1, 0.15) is 13.2 Å². The van der Waals surface area contributed by atoms with Crippen LogP contribution in [-0.4, -0.2) is 82.3 Å². The van der Waals surface area contributed by atoms with Crippen molar-refractivity contribution in [2.24, 2.45) is 0 Å². The first-order valence-electron chi connectivity index (χ1n) is 39.4. The lowest BCUT2D eigenvalue weighted by Gasteiger charge is -2.26. The molecule has 0 fully saturated rings. The highest BCUT2D eigenvalue weighted by molar-refractivity contribution is 5.70. The van der Waals surface area contributed by atoms with Crippen LogP contribution in [0.5, 0.6) is 0 Å². The second-order valence-electron chi connectivity index (χ2n) is 27.6. The molecule has 0 radical (unpaired) electrons. The second kappa shape index (κ2) is 74.0. The lowest BCUT2D eigenvalue weighted by atomic mass is 10.0. The van der Waals surface area contributed by atoms with Crippen LogP contribution in [0.2, 0.25) is 0 Å². The average Bonchev–Trinajstić information content (AvgIpc) is 3.38. The Kier molecular flexibility index (Phi) is 71.0. The smallest absolute Gasteiger partial charge is 0.306 e. The fourth-order valence-electron chi connectivity index (χ4n) is 11.3. The summed E-state index contributed by atoms with van der Waals surface area (Å²) in [5.74, 6) is -2.26. The van der Waals surface area contributed by atoms with Gasteiger partial charge >= 0.3 is 11.9 Å². The summed E-state index contributed by atoms with van der Waals surface area (Å²) in [4.78, 5) is 37.6. The molecule has 0 aliphatic rings. The number of quaternary nitrogens is 1. The molecule has 0 amide bonds. The Labute approximate surface area is 575 Å². The molecule has 0 aromatic carbocycles. The Morgan fingerprint density at radius 3 is 0.925 bits per heavy atom. The molecule has 0 rings (SSSR count). The molecule has 0 aromatic rings. The van der Waals surface area contributed by atoms with Crippen LogP contribution in [0.15, 0.2) is 97.2 Å². The standard InChI is InChI=1S/C84H149NO8/c1-6-8-10-12-14-16-18-20-22-24-26-28-30-32-34-35-36-37-38-39-40-41-42-43-44-45-46-47-49-51-53-55-57-59-61-63-65-67-69-71-73-75-82(87)93-80(79-92-84(83(88)89)90-77-76-85(3,4)5)78-91-81(86)74-72-70-68-66-64-62-60-58-56-54-52-50-48-33-31-29-27-25-23-21-19-17-15-13-11-9-7-2/h8,10,14,16,20,22,25-28,32,34,36-37,39-40,80,84H,6-7,9,11-13,15,17-19,21,23-24,29-31,33,35,38,41-79H2,1-5H3/b10-8-,16-14-,22-20-,27-25-,28-26-,34-32-,37-36-,40-39-. The molecule has 0 bridgehead atoms. The van der Waals surface area contributed by atoms with Crippen LogP contribution in [0.3, 0.4) is 0 Å². The van der Waals surface area contributed by atoms with E-state index in [0.717, 1.165) is 77.0 Å². The van der Waals surface area contributed by atoms with Crippen LogP contribution in [0.25, 0.3) is 0 Å². The average molecular weight is 1300 g/mol. The number of carboxylic acids is 1. The van der Waals surface area contributed by atoms with Crippen molar-refractivity contribution < 1.29 is 42.9 Å². The van der Waals surface area contributed by atoms with E-state index in [9.17, 15) is 19.5 Å². The van der Waals surface area contributed by atoms with Gasteiger partial charge in [-0.3, -0.25) is 9.59 Å². The number of carbonyl (C=O) groups excluding carboxylic acids is 3. The van der Waals surface area contributed by atoms with E-state index < -0.39 is 24.3 Å². The molecule has 0 spiro atoms. The number of nitrogens with zero attached hydrogens (tertiary/aromatic N) is 1. The third-order valence-electron chi connectivity index (χ3n) is 17.3. The Morgan fingerprint density at radius 2 is 0.613 bits per heavy atom. The molecule has 2 atom stereocenters. The summed E-state index contributed by atoms with van der Waals surface area (Å²) in [5.41, 5.74) is 0. The van der Waals surface area contributed by atoms with E-state index >= 15 is 0 Å². The van der Waals surface area contributed by atoms with E-state index in [4.69, 9.17) is 18.9 Å². The summed E-state index contributed by atoms with van der Waals surface area (Å²) in [6, 6.07) is 0. The largest absolute Gasteiger partial charge is 0.545 e. The summed E-state index contributed by atoms with van der Waals surface area (Å²) in [5, 5.41) is 11.9. The highest BCUT2D eigenvalue weighted by atomic mass is 16.7. The van der Waals surface area contributed by atoms with Crippen LogP contribution in [0.4, 0.5) is 0 Å². The number of allylic oxidation sites excluding steroid dienone is 16. The number of hydrogen-bond donors (Lipinski definition) is 0. The van der Waals surface area contributed by atoms with E-state index in [0.29, 0.717) is 23.9 Å². The third-order valence-corrected chi connectivity index (χ3v) is 17.3. The predicted octanol–water partition coefficient (Wildman–Crippen LogP) is 23.8. The van der Waals surface area contributed by atoms with Gasteiger partial charge in [-0.15, -0.1) is 0 Å². The van der Waals surface area contributed by atoms with Gasteiger partial charge in [0.15, 0.2) is 12.4 Å². The molecule has 0 N–H and O–H groups in total. The third kappa shape index (κ3) is 75.5. The van der Waals surface area contributed by atoms with E-state index in [-0.39, 0.29) is 32.2 Å². The molecule has 0 aromatic heterocycles. The Balaban J connectivity index is 4.00. The number of unbranched alkanes of at least 4 members (excludes halogenated alkanes) is 42. The predicted molar refractivity (Wildman–Crippen MR) is 398 cm³/mol. The molecule has 0 saturated heterocycles. The molecule has 0 aliphatic carbocycles. The fourth-order valence-corrected chi connectivity index (χ4v) is 11.3. The summed E-state index contributed by atoms with van der Waals surface area (Å²) < 4.78 is 22.9. The maximum Gasteiger partial charge on any atom is 0.306 e. The topological polar surface area (TPSA) is 111 Å². The lowest BCUT2D eigenvalue weighted by Crippen LogP contribution is -2.44. The normalized spacial score (nSPS) is 13.2. The molecule has 0 heterocycles. The van der Waals surface area contributed by atoms with Gasteiger partial charge in [0, 0.05) is 12.8 Å². The molecule has 0 saturated carbocycles. The van der Waals surface area contributed by atoms with Gasteiger partial charge < -0.3 is 33.3 Å². The van der Waals surface area contributed by atoms with Gasteiger partial charge in [-0.25, -0.2) is 0 Å². The summed E-state index contributed by atoms with van der Waals surface area (Å²) >= 11 is 0. The van der Waals surface area contributed by atoms with Gasteiger partial charge in [-0.2, -0.15) is 0 Å². The molecular formula is C84H149NO8. The first-order chi connectivity index (χ1) is 45.6. The van der Waals surface area contributed by atoms with Gasteiger partial charge in [-0.1, -0.05) is 349 Å². The number of rotatable bonds is 73. The van der Waals surface area contributed by atoms with Crippen molar-refractivity contribution in [3.8, 4) is 0 Å². The Bertz CT molecular complexity index is 1850. The fraction of sp³-hybridized carbons (Fsp3) is 0.774. The number of esters is 2. The molecular weight excluding hydrogens is 1150 g/mol. The van der Waals surface area contributed by atoms with Crippen molar-refractivity contribution in [1.29, 1.82) is 0 Å². The molecule has 0 aliphatic heterocycles. The van der Waals surface area contributed by atoms with E-state index in [2.05, 4.69) is 111 Å². The molecule has 9 heteroatoms. The van der Waals surface area contributed by atoms with Gasteiger partial charge in [0.25, 0.3) is 0 Å². The highest BCUT2D eigenvalue weighted by Crippen LogP contribution is 2.19. The summed E-state index contributed by atoms with van der Waals surface area (Å²) in [6.07, 6.45) is 99.5. The van der Waals surface area contributed by atoms with Gasteiger partial charge in [0.05, 0.1) is 40.3 Å². The maximum absolute atomic E-state index is 13.0. The number of hydrogen-bond acceptors (Lipinski definition) is 8. The van der Waals surface area contributed by atoms with Crippen LogP contribution in [-0.2, 0) is 33.3 Å². The Hall–Kier alpha value is -3.79. The minimum absolute atomic E-state index is 0.148. The van der Waals surface area contributed by atoms with Gasteiger partial charge in [0.2, 0.25) is 0 Å². The zero-order valence-electron chi connectivity index (χ0n) is 61.6. The van der Waals surface area contributed by atoms with Crippen molar-refractivity contribution in [3.63, 3.8) is 0 Å². The zero-order valence-corrected chi connectivity index (χ0v) is 61.6. The zero-order chi connectivity index (χ0) is 67.5. The van der Waals surface area contributed by atoms with Crippen LogP contribution >= 0.6 is 0 Å². The molecule has 2 unspecified atom stereocenters. The first kappa shape index (κ1) is 89.2.